The Bertz CT molecular complexity index is 249. The summed E-state index contributed by atoms with van der Waals surface area (Å²) in [6.45, 7) is 2.03. The maximum Gasteiger partial charge on any atom is 0.302 e. The van der Waals surface area contributed by atoms with E-state index in [2.05, 4.69) is 0 Å². The molecule has 1 N–H and O–H groups in total. The van der Waals surface area contributed by atoms with Gasteiger partial charge in [0.2, 0.25) is 0 Å². The molecule has 0 aromatic heterocycles. The molecule has 3 unspecified atom stereocenters. The van der Waals surface area contributed by atoms with Gasteiger partial charge in [0.15, 0.2) is 0 Å². The van der Waals surface area contributed by atoms with Crippen LogP contribution in [0.5, 0.6) is 0 Å². The molecule has 13 heavy (non-hydrogen) atoms. The second-order valence-electron chi connectivity index (χ2n) is 4.22. The molecule has 0 heterocycles. The first kappa shape index (κ1) is 8.73. The molecule has 2 fully saturated rings. The SMILES string of the molecule is CC(=O)OCC1CC2CC1CC2=N. The van der Waals surface area contributed by atoms with Crippen molar-refractivity contribution in [2.24, 2.45) is 17.8 Å². The van der Waals surface area contributed by atoms with Gasteiger partial charge in [-0.05, 0) is 37.0 Å². The van der Waals surface area contributed by atoms with Gasteiger partial charge in [-0.25, -0.2) is 0 Å². The molecule has 72 valence electrons. The summed E-state index contributed by atoms with van der Waals surface area (Å²) >= 11 is 0. The number of carbonyl (C=O) groups is 1. The minimum atomic E-state index is -0.183. The van der Waals surface area contributed by atoms with E-state index < -0.39 is 0 Å². The summed E-state index contributed by atoms with van der Waals surface area (Å²) in [5.41, 5.74) is 0.920. The zero-order chi connectivity index (χ0) is 9.42. The van der Waals surface area contributed by atoms with Gasteiger partial charge in [0.25, 0.3) is 0 Å². The molecule has 3 heteroatoms. The van der Waals surface area contributed by atoms with Crippen LogP contribution in [0.3, 0.4) is 0 Å². The quantitative estimate of drug-likeness (QED) is 0.658. The standard InChI is InChI=1S/C10H15NO2/c1-6(12)13-5-9-3-8-2-7(9)4-10(8)11/h7-9,11H,2-5H2,1H3. The Morgan fingerprint density at radius 2 is 2.38 bits per heavy atom. The molecular weight excluding hydrogens is 166 g/mol. The van der Waals surface area contributed by atoms with Gasteiger partial charge >= 0.3 is 5.97 Å². The molecule has 2 bridgehead atoms. The summed E-state index contributed by atoms with van der Waals surface area (Å²) in [6.07, 6.45) is 3.16. The fourth-order valence-corrected chi connectivity index (χ4v) is 2.62. The van der Waals surface area contributed by atoms with Gasteiger partial charge in [0, 0.05) is 12.6 Å². The zero-order valence-electron chi connectivity index (χ0n) is 7.88. The predicted octanol–water partition coefficient (Wildman–Crippen LogP) is 1.62. The number of rotatable bonds is 2. The number of nitrogens with one attached hydrogen (secondary N) is 1. The maximum absolute atomic E-state index is 10.6. The van der Waals surface area contributed by atoms with Crippen LogP contribution in [0.25, 0.3) is 0 Å². The van der Waals surface area contributed by atoms with Crippen LogP contribution in [0.2, 0.25) is 0 Å². The number of ether oxygens (including phenoxy) is 1. The highest BCUT2D eigenvalue weighted by Crippen LogP contribution is 2.46. The second-order valence-corrected chi connectivity index (χ2v) is 4.22. The largest absolute Gasteiger partial charge is 0.466 e. The summed E-state index contributed by atoms with van der Waals surface area (Å²) < 4.78 is 5.00. The summed E-state index contributed by atoms with van der Waals surface area (Å²) in [7, 11) is 0. The smallest absolute Gasteiger partial charge is 0.302 e. The van der Waals surface area contributed by atoms with Crippen molar-refractivity contribution < 1.29 is 9.53 Å². The van der Waals surface area contributed by atoms with Crippen LogP contribution in [-0.2, 0) is 9.53 Å². The van der Waals surface area contributed by atoms with Crippen molar-refractivity contribution in [1.29, 1.82) is 5.41 Å². The summed E-state index contributed by atoms with van der Waals surface area (Å²) in [5.74, 6) is 1.48. The van der Waals surface area contributed by atoms with Crippen molar-refractivity contribution in [2.75, 3.05) is 6.61 Å². The molecule has 2 saturated carbocycles. The van der Waals surface area contributed by atoms with Gasteiger partial charge < -0.3 is 10.1 Å². The van der Waals surface area contributed by atoms with E-state index in [1.54, 1.807) is 0 Å². The Morgan fingerprint density at radius 3 is 2.85 bits per heavy atom. The number of fused-ring (bicyclic) bond motifs is 2. The van der Waals surface area contributed by atoms with Crippen molar-refractivity contribution in [3.63, 3.8) is 0 Å². The fraction of sp³-hybridized carbons (Fsp3) is 0.800. The van der Waals surface area contributed by atoms with E-state index in [0.717, 1.165) is 25.0 Å². The molecular formula is C10H15NO2. The first-order chi connectivity index (χ1) is 6.16. The van der Waals surface area contributed by atoms with E-state index in [1.165, 1.54) is 6.92 Å². The summed E-state index contributed by atoms with van der Waals surface area (Å²) in [6, 6.07) is 0. The average molecular weight is 181 g/mol. The van der Waals surface area contributed by atoms with E-state index >= 15 is 0 Å². The minimum Gasteiger partial charge on any atom is -0.466 e. The van der Waals surface area contributed by atoms with Gasteiger partial charge in [-0.3, -0.25) is 4.79 Å². The first-order valence-corrected chi connectivity index (χ1v) is 4.87. The van der Waals surface area contributed by atoms with Crippen molar-refractivity contribution in [1.82, 2.24) is 0 Å². The van der Waals surface area contributed by atoms with Gasteiger partial charge in [-0.1, -0.05) is 0 Å². The Labute approximate surface area is 78.0 Å². The fourth-order valence-electron chi connectivity index (χ4n) is 2.62. The van der Waals surface area contributed by atoms with E-state index in [0.29, 0.717) is 24.4 Å². The van der Waals surface area contributed by atoms with Crippen LogP contribution in [0.4, 0.5) is 0 Å². The Hall–Kier alpha value is -0.860. The Kier molecular flexibility index (Phi) is 2.10. The van der Waals surface area contributed by atoms with Gasteiger partial charge in [-0.2, -0.15) is 0 Å². The topological polar surface area (TPSA) is 50.2 Å². The number of hydrogen-bond donors (Lipinski definition) is 1. The van der Waals surface area contributed by atoms with E-state index in [-0.39, 0.29) is 5.97 Å². The lowest BCUT2D eigenvalue weighted by Gasteiger charge is -2.21. The van der Waals surface area contributed by atoms with Crippen molar-refractivity contribution in [2.45, 2.75) is 26.2 Å². The highest BCUT2D eigenvalue weighted by atomic mass is 16.5. The third kappa shape index (κ3) is 1.60. The number of esters is 1. The zero-order valence-corrected chi connectivity index (χ0v) is 7.88. The predicted molar refractivity (Wildman–Crippen MR) is 48.7 cm³/mol. The average Bonchev–Trinajstić information content (AvgIpc) is 2.58. The molecule has 2 aliphatic carbocycles. The molecule has 0 radical (unpaired) electrons. The van der Waals surface area contributed by atoms with Crippen LogP contribution in [-0.4, -0.2) is 18.3 Å². The van der Waals surface area contributed by atoms with Crippen molar-refractivity contribution in [3.8, 4) is 0 Å². The van der Waals surface area contributed by atoms with Gasteiger partial charge in [-0.15, -0.1) is 0 Å². The van der Waals surface area contributed by atoms with Crippen LogP contribution < -0.4 is 0 Å². The normalized spacial score (nSPS) is 36.7. The van der Waals surface area contributed by atoms with Crippen LogP contribution in [0.1, 0.15) is 26.2 Å². The molecule has 0 spiro atoms. The Morgan fingerprint density at radius 1 is 1.62 bits per heavy atom. The molecule has 2 aliphatic rings. The van der Waals surface area contributed by atoms with Crippen molar-refractivity contribution >= 4 is 11.7 Å². The molecule has 0 amide bonds. The third-order valence-electron chi connectivity index (χ3n) is 3.32. The second kappa shape index (κ2) is 3.13. The number of carbonyl (C=O) groups excluding carboxylic acids is 1. The lowest BCUT2D eigenvalue weighted by Crippen LogP contribution is -2.22. The Balaban J connectivity index is 1.85. The molecule has 2 rings (SSSR count). The van der Waals surface area contributed by atoms with Crippen molar-refractivity contribution in [3.05, 3.63) is 0 Å². The maximum atomic E-state index is 10.6. The van der Waals surface area contributed by atoms with Crippen LogP contribution in [0.15, 0.2) is 0 Å². The molecule has 0 aromatic rings. The molecule has 0 aromatic carbocycles. The summed E-state index contributed by atoms with van der Waals surface area (Å²) in [5, 5.41) is 7.64. The van der Waals surface area contributed by atoms with Gasteiger partial charge in [0.1, 0.15) is 0 Å². The molecule has 0 saturated heterocycles. The van der Waals surface area contributed by atoms with E-state index in [1.807, 2.05) is 0 Å². The molecule has 3 atom stereocenters. The molecule has 3 nitrogen and oxygen atoms in total. The number of hydrogen-bond acceptors (Lipinski definition) is 3. The molecule has 0 aliphatic heterocycles. The monoisotopic (exact) mass is 181 g/mol. The highest BCUT2D eigenvalue weighted by molar-refractivity contribution is 5.87. The van der Waals surface area contributed by atoms with Crippen LogP contribution in [0, 0.1) is 23.2 Å². The third-order valence-corrected chi connectivity index (χ3v) is 3.32. The first-order valence-electron chi connectivity index (χ1n) is 4.87. The van der Waals surface area contributed by atoms with Crippen LogP contribution >= 0.6 is 0 Å². The lowest BCUT2D eigenvalue weighted by molar-refractivity contribution is -0.142. The van der Waals surface area contributed by atoms with E-state index in [9.17, 15) is 4.79 Å². The van der Waals surface area contributed by atoms with Gasteiger partial charge in [0.05, 0.1) is 6.61 Å². The van der Waals surface area contributed by atoms with E-state index in [4.69, 9.17) is 10.1 Å². The lowest BCUT2D eigenvalue weighted by atomic mass is 9.88. The summed E-state index contributed by atoms with van der Waals surface area (Å²) in [4.78, 5) is 10.6. The highest BCUT2D eigenvalue weighted by Gasteiger charge is 2.43. The minimum absolute atomic E-state index is 0.183.